The molecular formula is C21H25FN2O2. The largest absolute Gasteiger partial charge is 0.341 e. The number of carbonyl (C=O) groups is 2. The van der Waals surface area contributed by atoms with Crippen LogP contribution in [0.4, 0.5) is 4.39 Å². The molecule has 2 aromatic carbocycles. The summed E-state index contributed by atoms with van der Waals surface area (Å²) in [4.78, 5) is 26.7. The Morgan fingerprint density at radius 3 is 2.15 bits per heavy atom. The maximum atomic E-state index is 13.1. The average molecular weight is 356 g/mol. The van der Waals surface area contributed by atoms with Crippen LogP contribution in [0, 0.1) is 5.82 Å². The fraction of sp³-hybridized carbons (Fsp3) is 0.333. The number of rotatable bonds is 6. The highest BCUT2D eigenvalue weighted by atomic mass is 19.1. The van der Waals surface area contributed by atoms with Crippen molar-refractivity contribution in [3.05, 3.63) is 71.5 Å². The highest BCUT2D eigenvalue weighted by molar-refractivity contribution is 6.35. The summed E-state index contributed by atoms with van der Waals surface area (Å²) in [5.41, 5.74) is 1.75. The molecule has 0 fully saturated rings. The molecule has 0 aliphatic carbocycles. The van der Waals surface area contributed by atoms with Crippen LogP contribution in [-0.2, 0) is 9.59 Å². The van der Waals surface area contributed by atoms with Crippen molar-refractivity contribution in [2.24, 2.45) is 0 Å². The van der Waals surface area contributed by atoms with E-state index in [9.17, 15) is 14.0 Å². The number of likely N-dealkylation sites (N-methyl/N-ethyl adjacent to an activating group) is 1. The van der Waals surface area contributed by atoms with E-state index in [4.69, 9.17) is 0 Å². The third kappa shape index (κ3) is 4.69. The first-order valence-corrected chi connectivity index (χ1v) is 8.89. The topological polar surface area (TPSA) is 49.4 Å². The number of amides is 2. The molecule has 2 rings (SSSR count). The van der Waals surface area contributed by atoms with Crippen molar-refractivity contribution in [3.63, 3.8) is 0 Å². The van der Waals surface area contributed by atoms with Gasteiger partial charge in [0.2, 0.25) is 0 Å². The van der Waals surface area contributed by atoms with Gasteiger partial charge in [0.15, 0.2) is 0 Å². The van der Waals surface area contributed by atoms with Crippen molar-refractivity contribution >= 4 is 11.8 Å². The van der Waals surface area contributed by atoms with E-state index in [0.29, 0.717) is 13.0 Å². The van der Waals surface area contributed by atoms with Gasteiger partial charge in [0.1, 0.15) is 5.82 Å². The molecule has 0 aromatic heterocycles. The van der Waals surface area contributed by atoms with E-state index in [0.717, 1.165) is 11.1 Å². The van der Waals surface area contributed by atoms with E-state index in [1.54, 1.807) is 12.1 Å². The number of carbonyl (C=O) groups excluding carboxylic acids is 2. The predicted octanol–water partition coefficient (Wildman–Crippen LogP) is 4.00. The Balaban J connectivity index is 2.11. The third-order valence-corrected chi connectivity index (χ3v) is 4.53. The minimum absolute atomic E-state index is 0.215. The second-order valence-electron chi connectivity index (χ2n) is 6.16. The number of halogens is 1. The lowest BCUT2D eigenvalue weighted by molar-refractivity contribution is -0.147. The first kappa shape index (κ1) is 19.6. The lowest BCUT2D eigenvalue weighted by Gasteiger charge is -2.28. The summed E-state index contributed by atoms with van der Waals surface area (Å²) in [5, 5.41) is 2.82. The van der Waals surface area contributed by atoms with Crippen molar-refractivity contribution in [2.45, 2.75) is 39.3 Å². The van der Waals surface area contributed by atoms with Gasteiger partial charge in [-0.15, -0.1) is 0 Å². The Morgan fingerprint density at radius 1 is 1.00 bits per heavy atom. The number of nitrogens with zero attached hydrogens (tertiary/aromatic N) is 1. The normalized spacial score (nSPS) is 12.9. The molecule has 0 radical (unpaired) electrons. The zero-order valence-electron chi connectivity index (χ0n) is 15.4. The van der Waals surface area contributed by atoms with Gasteiger partial charge < -0.3 is 10.2 Å². The van der Waals surface area contributed by atoms with Crippen LogP contribution >= 0.6 is 0 Å². The highest BCUT2D eigenvalue weighted by Gasteiger charge is 2.27. The second kappa shape index (κ2) is 9.13. The van der Waals surface area contributed by atoms with Gasteiger partial charge in [-0.1, -0.05) is 49.4 Å². The van der Waals surface area contributed by atoms with E-state index in [1.165, 1.54) is 17.0 Å². The smallest absolute Gasteiger partial charge is 0.312 e. The van der Waals surface area contributed by atoms with Crippen molar-refractivity contribution in [1.82, 2.24) is 10.2 Å². The van der Waals surface area contributed by atoms with Crippen LogP contribution in [0.25, 0.3) is 0 Å². The van der Waals surface area contributed by atoms with Crippen LogP contribution in [0.5, 0.6) is 0 Å². The van der Waals surface area contributed by atoms with Crippen LogP contribution in [0.3, 0.4) is 0 Å². The van der Waals surface area contributed by atoms with Gasteiger partial charge >= 0.3 is 11.8 Å². The zero-order valence-corrected chi connectivity index (χ0v) is 15.4. The monoisotopic (exact) mass is 356 g/mol. The maximum Gasteiger partial charge on any atom is 0.312 e. The lowest BCUT2D eigenvalue weighted by Crippen LogP contribution is -2.45. The third-order valence-electron chi connectivity index (χ3n) is 4.53. The van der Waals surface area contributed by atoms with Crippen molar-refractivity contribution in [3.8, 4) is 0 Å². The summed E-state index contributed by atoms with van der Waals surface area (Å²) in [7, 11) is 0. The first-order chi connectivity index (χ1) is 12.5. The zero-order chi connectivity index (χ0) is 19.1. The predicted molar refractivity (Wildman–Crippen MR) is 99.8 cm³/mol. The Bertz CT molecular complexity index is 731. The average Bonchev–Trinajstić information content (AvgIpc) is 2.67. The standard InChI is InChI=1S/C21H25FN2O2/c1-4-19(17-9-7-6-8-10-17)23-20(25)21(26)24(5-2)15(3)16-11-13-18(22)14-12-16/h6-15,19H,4-5H2,1-3H3,(H,23,25). The second-order valence-corrected chi connectivity index (χ2v) is 6.16. The maximum absolute atomic E-state index is 13.1. The molecule has 26 heavy (non-hydrogen) atoms. The summed E-state index contributed by atoms with van der Waals surface area (Å²) in [6.07, 6.45) is 0.683. The van der Waals surface area contributed by atoms with Gasteiger partial charge in [-0.2, -0.15) is 0 Å². The van der Waals surface area contributed by atoms with Crippen LogP contribution in [-0.4, -0.2) is 23.3 Å². The van der Waals surface area contributed by atoms with Crippen molar-refractivity contribution in [2.75, 3.05) is 6.54 Å². The lowest BCUT2D eigenvalue weighted by atomic mass is 10.0. The summed E-state index contributed by atoms with van der Waals surface area (Å²) < 4.78 is 13.1. The van der Waals surface area contributed by atoms with Gasteiger partial charge in [0.25, 0.3) is 0 Å². The fourth-order valence-electron chi connectivity index (χ4n) is 2.97. The molecule has 0 saturated carbocycles. The van der Waals surface area contributed by atoms with E-state index in [1.807, 2.05) is 51.1 Å². The molecular weight excluding hydrogens is 331 g/mol. The van der Waals surface area contributed by atoms with Crippen LogP contribution < -0.4 is 5.32 Å². The number of hydrogen-bond acceptors (Lipinski definition) is 2. The molecule has 4 nitrogen and oxygen atoms in total. The summed E-state index contributed by atoms with van der Waals surface area (Å²) in [5.74, 6) is -1.54. The fourth-order valence-corrected chi connectivity index (χ4v) is 2.97. The molecule has 0 aliphatic rings. The van der Waals surface area contributed by atoms with Crippen LogP contribution in [0.15, 0.2) is 54.6 Å². The summed E-state index contributed by atoms with van der Waals surface area (Å²) in [6.45, 7) is 5.99. The van der Waals surface area contributed by atoms with Gasteiger partial charge in [-0.05, 0) is 43.5 Å². The number of hydrogen-bond donors (Lipinski definition) is 1. The Hall–Kier alpha value is -2.69. The van der Waals surface area contributed by atoms with E-state index in [2.05, 4.69) is 5.32 Å². The highest BCUT2D eigenvalue weighted by Crippen LogP contribution is 2.21. The molecule has 0 saturated heterocycles. The van der Waals surface area contributed by atoms with E-state index < -0.39 is 11.8 Å². The summed E-state index contributed by atoms with van der Waals surface area (Å²) in [6, 6.07) is 15.0. The van der Waals surface area contributed by atoms with Crippen molar-refractivity contribution in [1.29, 1.82) is 0 Å². The number of nitrogens with one attached hydrogen (secondary N) is 1. The Labute approximate surface area is 154 Å². The Kier molecular flexibility index (Phi) is 6.89. The number of benzene rings is 2. The van der Waals surface area contributed by atoms with Gasteiger partial charge in [-0.3, -0.25) is 9.59 Å². The molecule has 2 atom stereocenters. The van der Waals surface area contributed by atoms with Gasteiger partial charge in [0, 0.05) is 6.54 Å². The quantitative estimate of drug-likeness (QED) is 0.795. The SMILES string of the molecule is CCC(NC(=O)C(=O)N(CC)C(C)c1ccc(F)cc1)c1ccccc1. The van der Waals surface area contributed by atoms with Crippen LogP contribution in [0.2, 0.25) is 0 Å². The molecule has 138 valence electrons. The van der Waals surface area contributed by atoms with E-state index >= 15 is 0 Å². The summed E-state index contributed by atoms with van der Waals surface area (Å²) >= 11 is 0. The minimum atomic E-state index is -0.628. The molecule has 0 bridgehead atoms. The van der Waals surface area contributed by atoms with Gasteiger partial charge in [-0.25, -0.2) is 4.39 Å². The molecule has 0 heterocycles. The first-order valence-electron chi connectivity index (χ1n) is 8.89. The van der Waals surface area contributed by atoms with Crippen molar-refractivity contribution < 1.29 is 14.0 Å². The molecule has 1 N–H and O–H groups in total. The minimum Gasteiger partial charge on any atom is -0.341 e. The molecule has 0 aliphatic heterocycles. The van der Waals surface area contributed by atoms with Gasteiger partial charge in [0.05, 0.1) is 12.1 Å². The molecule has 0 spiro atoms. The van der Waals surface area contributed by atoms with Crippen LogP contribution in [0.1, 0.15) is 50.4 Å². The molecule has 2 amide bonds. The van der Waals surface area contributed by atoms with E-state index in [-0.39, 0.29) is 17.9 Å². The molecule has 2 aromatic rings. The molecule has 2 unspecified atom stereocenters. The Morgan fingerprint density at radius 2 is 1.62 bits per heavy atom. The molecule has 5 heteroatoms.